The molecule has 1 fully saturated rings. The fourth-order valence-corrected chi connectivity index (χ4v) is 3.38. The lowest BCUT2D eigenvalue weighted by molar-refractivity contribution is 0.0690. The van der Waals surface area contributed by atoms with Crippen LogP contribution in [0.1, 0.15) is 30.6 Å². The van der Waals surface area contributed by atoms with Crippen molar-refractivity contribution in [1.82, 2.24) is 0 Å². The van der Waals surface area contributed by atoms with Gasteiger partial charge in [0.2, 0.25) is 0 Å². The quantitative estimate of drug-likeness (QED) is 0.846. The molecule has 1 saturated heterocycles. The number of carbonyl (C=O) groups is 1. The number of ether oxygens (including phenoxy) is 1. The van der Waals surface area contributed by atoms with E-state index < -0.39 is 5.97 Å². The van der Waals surface area contributed by atoms with E-state index in [0.717, 1.165) is 29.3 Å². The molecule has 1 aliphatic heterocycles. The third kappa shape index (κ3) is 3.10. The summed E-state index contributed by atoms with van der Waals surface area (Å²) >= 11 is 1.58. The number of benzene rings is 1. The third-order valence-corrected chi connectivity index (χ3v) is 4.47. The van der Waals surface area contributed by atoms with Gasteiger partial charge in [0.1, 0.15) is 0 Å². The van der Waals surface area contributed by atoms with Gasteiger partial charge in [-0.2, -0.15) is 0 Å². The summed E-state index contributed by atoms with van der Waals surface area (Å²) in [6.07, 6.45) is 0.949. The van der Waals surface area contributed by atoms with Gasteiger partial charge in [-0.05, 0) is 24.3 Å². The zero-order valence-corrected chi connectivity index (χ0v) is 12.8. The van der Waals surface area contributed by atoms with E-state index in [1.807, 2.05) is 25.1 Å². The second-order valence-corrected chi connectivity index (χ2v) is 6.02. The summed E-state index contributed by atoms with van der Waals surface area (Å²) in [6.45, 7) is 6.21. The molecule has 4 nitrogen and oxygen atoms in total. The molecule has 1 aromatic carbocycles. The van der Waals surface area contributed by atoms with Gasteiger partial charge in [0.15, 0.2) is 0 Å². The van der Waals surface area contributed by atoms with Crippen LogP contribution in [0.3, 0.4) is 0 Å². The number of carboxylic acids is 1. The lowest BCUT2D eigenvalue weighted by Gasteiger charge is -2.37. The Morgan fingerprint density at radius 1 is 1.50 bits per heavy atom. The smallest absolute Gasteiger partial charge is 0.338 e. The molecule has 1 heterocycles. The topological polar surface area (TPSA) is 49.8 Å². The van der Waals surface area contributed by atoms with Crippen molar-refractivity contribution in [2.45, 2.75) is 31.2 Å². The SMILES string of the molecule is CCSc1cccc(N2CCOCC2CC)c1C(=O)O. The zero-order valence-electron chi connectivity index (χ0n) is 12.0. The summed E-state index contributed by atoms with van der Waals surface area (Å²) in [6, 6.07) is 6.01. The van der Waals surface area contributed by atoms with Gasteiger partial charge in [-0.15, -0.1) is 11.8 Å². The van der Waals surface area contributed by atoms with Crippen molar-refractivity contribution in [1.29, 1.82) is 0 Å². The predicted molar refractivity (Wildman–Crippen MR) is 82.0 cm³/mol. The largest absolute Gasteiger partial charge is 0.478 e. The number of anilines is 1. The van der Waals surface area contributed by atoms with Gasteiger partial charge in [-0.3, -0.25) is 0 Å². The van der Waals surface area contributed by atoms with Gasteiger partial charge < -0.3 is 14.7 Å². The van der Waals surface area contributed by atoms with Gasteiger partial charge in [-0.1, -0.05) is 19.9 Å². The predicted octanol–water partition coefficient (Wildman–Crippen LogP) is 3.11. The standard InChI is InChI=1S/C15H21NO3S/c1-3-11-10-19-9-8-16(11)12-6-5-7-13(20-4-2)14(12)15(17)18/h5-7,11H,3-4,8-10H2,1-2H3,(H,17,18). The van der Waals surface area contributed by atoms with Crippen molar-refractivity contribution >= 4 is 23.4 Å². The minimum Gasteiger partial charge on any atom is -0.478 e. The molecule has 2 rings (SSSR count). The van der Waals surface area contributed by atoms with Crippen molar-refractivity contribution in [3.8, 4) is 0 Å². The minimum atomic E-state index is -0.849. The maximum absolute atomic E-state index is 11.7. The van der Waals surface area contributed by atoms with Crippen molar-refractivity contribution in [3.63, 3.8) is 0 Å². The Labute approximate surface area is 124 Å². The molecular weight excluding hydrogens is 274 g/mol. The fourth-order valence-electron chi connectivity index (χ4n) is 2.56. The van der Waals surface area contributed by atoms with E-state index >= 15 is 0 Å². The van der Waals surface area contributed by atoms with Gasteiger partial charge in [-0.25, -0.2) is 4.79 Å². The van der Waals surface area contributed by atoms with Crippen molar-refractivity contribution in [3.05, 3.63) is 23.8 Å². The van der Waals surface area contributed by atoms with Crippen molar-refractivity contribution in [2.24, 2.45) is 0 Å². The average molecular weight is 295 g/mol. The van der Waals surface area contributed by atoms with Crippen molar-refractivity contribution < 1.29 is 14.6 Å². The second kappa shape index (κ2) is 6.99. The molecule has 0 amide bonds. The first-order valence-electron chi connectivity index (χ1n) is 7.02. The number of carboxylic acid groups (broad SMARTS) is 1. The van der Waals surface area contributed by atoms with E-state index in [1.165, 1.54) is 0 Å². The summed E-state index contributed by atoms with van der Waals surface area (Å²) in [7, 11) is 0. The zero-order chi connectivity index (χ0) is 14.5. The monoisotopic (exact) mass is 295 g/mol. The second-order valence-electron chi connectivity index (χ2n) is 4.72. The van der Waals surface area contributed by atoms with Crippen LogP contribution in [-0.2, 0) is 4.74 Å². The molecule has 0 saturated carbocycles. The molecular formula is C15H21NO3S. The average Bonchev–Trinajstić information content (AvgIpc) is 2.47. The number of morpholine rings is 1. The van der Waals surface area contributed by atoms with E-state index in [2.05, 4.69) is 11.8 Å². The first-order valence-corrected chi connectivity index (χ1v) is 8.01. The van der Waals surface area contributed by atoms with Crippen LogP contribution in [-0.4, -0.2) is 42.6 Å². The molecule has 1 aliphatic rings. The lowest BCUT2D eigenvalue weighted by atomic mass is 10.1. The van der Waals surface area contributed by atoms with Crippen molar-refractivity contribution in [2.75, 3.05) is 30.4 Å². The Kier molecular flexibility index (Phi) is 5.31. The first kappa shape index (κ1) is 15.2. The molecule has 1 aromatic rings. The normalized spacial score (nSPS) is 19.1. The van der Waals surface area contributed by atoms with Gasteiger partial charge >= 0.3 is 5.97 Å². The summed E-state index contributed by atoms with van der Waals surface area (Å²) in [5.74, 6) is 0.0160. The molecule has 0 aromatic heterocycles. The molecule has 110 valence electrons. The summed E-state index contributed by atoms with van der Waals surface area (Å²) in [5.41, 5.74) is 1.26. The molecule has 1 N–H and O–H groups in total. The summed E-state index contributed by atoms with van der Waals surface area (Å²) < 4.78 is 5.51. The van der Waals surface area contributed by atoms with E-state index in [-0.39, 0.29) is 6.04 Å². The molecule has 0 bridgehead atoms. The Hall–Kier alpha value is -1.20. The molecule has 0 spiro atoms. The van der Waals surface area contributed by atoms with E-state index in [1.54, 1.807) is 11.8 Å². The molecule has 5 heteroatoms. The highest BCUT2D eigenvalue weighted by atomic mass is 32.2. The summed E-state index contributed by atoms with van der Waals surface area (Å²) in [5, 5.41) is 9.59. The molecule has 1 unspecified atom stereocenters. The highest BCUT2D eigenvalue weighted by molar-refractivity contribution is 7.99. The number of hydrogen-bond donors (Lipinski definition) is 1. The van der Waals surface area contributed by atoms with Crippen LogP contribution in [0.25, 0.3) is 0 Å². The van der Waals surface area contributed by atoms with Gasteiger partial charge in [0.05, 0.1) is 30.5 Å². The van der Waals surface area contributed by atoms with Crippen LogP contribution in [0, 0.1) is 0 Å². The molecule has 0 radical (unpaired) electrons. The molecule has 20 heavy (non-hydrogen) atoms. The molecule has 0 aliphatic carbocycles. The van der Waals surface area contributed by atoms with Gasteiger partial charge in [0.25, 0.3) is 0 Å². The Balaban J connectivity index is 2.43. The van der Waals surface area contributed by atoms with Crippen LogP contribution in [0.5, 0.6) is 0 Å². The Morgan fingerprint density at radius 2 is 2.30 bits per heavy atom. The maximum atomic E-state index is 11.7. The highest BCUT2D eigenvalue weighted by Crippen LogP contribution is 2.33. The van der Waals surface area contributed by atoms with Gasteiger partial charge in [0, 0.05) is 11.4 Å². The van der Waals surface area contributed by atoms with Crippen LogP contribution < -0.4 is 4.90 Å². The summed E-state index contributed by atoms with van der Waals surface area (Å²) in [4.78, 5) is 14.7. The number of hydrogen-bond acceptors (Lipinski definition) is 4. The Bertz CT molecular complexity index is 478. The number of rotatable bonds is 5. The Morgan fingerprint density at radius 3 is 2.95 bits per heavy atom. The number of nitrogens with zero attached hydrogens (tertiary/aromatic N) is 1. The first-order chi connectivity index (χ1) is 9.69. The number of thioether (sulfide) groups is 1. The molecule has 1 atom stereocenters. The van der Waals surface area contributed by atoms with Crippen LogP contribution >= 0.6 is 11.8 Å². The van der Waals surface area contributed by atoms with E-state index in [4.69, 9.17) is 4.74 Å². The number of aromatic carboxylic acids is 1. The van der Waals surface area contributed by atoms with E-state index in [9.17, 15) is 9.90 Å². The minimum absolute atomic E-state index is 0.253. The highest BCUT2D eigenvalue weighted by Gasteiger charge is 2.26. The van der Waals surface area contributed by atoms with Crippen LogP contribution in [0.2, 0.25) is 0 Å². The van der Waals surface area contributed by atoms with Crippen LogP contribution in [0.15, 0.2) is 23.1 Å². The maximum Gasteiger partial charge on any atom is 0.338 e. The third-order valence-electron chi connectivity index (χ3n) is 3.53. The fraction of sp³-hybridized carbons (Fsp3) is 0.533. The van der Waals surface area contributed by atoms with E-state index in [0.29, 0.717) is 18.8 Å². The van der Waals surface area contributed by atoms with Crippen LogP contribution in [0.4, 0.5) is 5.69 Å². The lowest BCUT2D eigenvalue weighted by Crippen LogP contribution is -2.45.